The Morgan fingerprint density at radius 1 is 0.900 bits per heavy atom. The van der Waals surface area contributed by atoms with Crippen LogP contribution >= 0.6 is 0 Å². The van der Waals surface area contributed by atoms with E-state index in [4.69, 9.17) is 0 Å². The molecule has 0 heterocycles. The molecule has 0 N–H and O–H groups in total. The quantitative estimate of drug-likeness (QED) is 0.450. The molecule has 0 heteroatoms. The Bertz CT molecular complexity index is 110. The first-order chi connectivity index (χ1) is 4.47. The minimum atomic E-state index is 0. The predicted octanol–water partition coefficient (Wildman–Crippen LogP) is 3.39. The van der Waals surface area contributed by atoms with E-state index >= 15 is 0 Å². The summed E-state index contributed by atoms with van der Waals surface area (Å²) in [5.41, 5.74) is 0. The lowest BCUT2D eigenvalue weighted by molar-refractivity contribution is 0.380. The zero-order valence-corrected chi connectivity index (χ0v) is 5.84. The third kappa shape index (κ3) is 1.25. The van der Waals surface area contributed by atoms with Crippen molar-refractivity contribution in [1.29, 1.82) is 0 Å². The molecule has 2 aliphatic carbocycles. The summed E-state index contributed by atoms with van der Waals surface area (Å²) in [4.78, 5) is 0. The van der Waals surface area contributed by atoms with E-state index in [1.807, 2.05) is 0 Å². The van der Waals surface area contributed by atoms with Crippen LogP contribution in [0.15, 0.2) is 12.2 Å². The molecule has 0 bridgehead atoms. The van der Waals surface area contributed by atoms with E-state index in [-0.39, 0.29) is 7.43 Å². The van der Waals surface area contributed by atoms with E-state index in [9.17, 15) is 0 Å². The molecule has 0 amide bonds. The van der Waals surface area contributed by atoms with Crippen molar-refractivity contribution in [1.82, 2.24) is 0 Å². The van der Waals surface area contributed by atoms with Crippen LogP contribution in [0.25, 0.3) is 0 Å². The molecule has 0 aromatic rings. The summed E-state index contributed by atoms with van der Waals surface area (Å²) in [7, 11) is 0. The highest BCUT2D eigenvalue weighted by molar-refractivity contribution is 4.96. The Morgan fingerprint density at radius 3 is 1.90 bits per heavy atom. The van der Waals surface area contributed by atoms with Crippen LogP contribution in [0.3, 0.4) is 0 Å². The Labute approximate surface area is 64.3 Å². The van der Waals surface area contributed by atoms with E-state index in [0.717, 1.165) is 11.8 Å². The van der Waals surface area contributed by atoms with Gasteiger partial charge in [-0.15, -0.1) is 0 Å². The Morgan fingerprint density at radius 2 is 1.40 bits per heavy atom. The maximum Gasteiger partial charge on any atom is -0.0319 e. The maximum atomic E-state index is 2.37. The summed E-state index contributed by atoms with van der Waals surface area (Å²) < 4.78 is 0. The van der Waals surface area contributed by atoms with Gasteiger partial charge in [0.15, 0.2) is 0 Å². The van der Waals surface area contributed by atoms with Gasteiger partial charge in [-0.25, -0.2) is 0 Å². The normalized spacial score (nSPS) is 36.8. The average Bonchev–Trinajstić information content (AvgIpc) is 2.33. The third-order valence-electron chi connectivity index (χ3n) is 2.86. The van der Waals surface area contributed by atoms with Crippen molar-refractivity contribution in [2.75, 3.05) is 0 Å². The van der Waals surface area contributed by atoms with Crippen molar-refractivity contribution >= 4 is 0 Å². The van der Waals surface area contributed by atoms with Crippen LogP contribution in [0, 0.1) is 11.8 Å². The summed E-state index contributed by atoms with van der Waals surface area (Å²) in [6.45, 7) is 0. The van der Waals surface area contributed by atoms with Gasteiger partial charge in [-0.05, 0) is 37.5 Å². The van der Waals surface area contributed by atoms with Gasteiger partial charge < -0.3 is 0 Å². The summed E-state index contributed by atoms with van der Waals surface area (Å²) in [6.07, 6.45) is 12.0. The smallest absolute Gasteiger partial charge is 0.0319 e. The summed E-state index contributed by atoms with van der Waals surface area (Å²) >= 11 is 0. The van der Waals surface area contributed by atoms with E-state index in [0.29, 0.717) is 0 Å². The first kappa shape index (κ1) is 7.84. The van der Waals surface area contributed by atoms with Gasteiger partial charge >= 0.3 is 0 Å². The van der Waals surface area contributed by atoms with Crippen molar-refractivity contribution < 1.29 is 0 Å². The molecule has 0 aliphatic heterocycles. The number of rotatable bonds is 0. The summed E-state index contributed by atoms with van der Waals surface area (Å²) in [5, 5.41) is 0. The van der Waals surface area contributed by atoms with Crippen molar-refractivity contribution in [3.63, 3.8) is 0 Å². The number of hydrogen-bond donors (Lipinski definition) is 0. The van der Waals surface area contributed by atoms with Gasteiger partial charge in [0.1, 0.15) is 0 Å². The minimum Gasteiger partial charge on any atom is -0.0882 e. The van der Waals surface area contributed by atoms with Gasteiger partial charge in [0.05, 0.1) is 0 Å². The fraction of sp³-hybridized carbons (Fsp3) is 0.800. The van der Waals surface area contributed by atoms with Crippen LogP contribution in [-0.2, 0) is 0 Å². The van der Waals surface area contributed by atoms with Gasteiger partial charge in [-0.3, -0.25) is 0 Å². The lowest BCUT2D eigenvalue weighted by atomic mass is 9.86. The molecule has 58 valence electrons. The highest BCUT2D eigenvalue weighted by atomic mass is 14.3. The standard InChI is InChI=1S/C9H14.CH4/c1-2-5-9-7-3-6-8(9)4-1;/h1-2,8-9H,3-7H2;1H4. The number of hydrogen-bond acceptors (Lipinski definition) is 0. The van der Waals surface area contributed by atoms with E-state index in [1.54, 1.807) is 0 Å². The second-order valence-electron chi connectivity index (χ2n) is 3.39. The lowest BCUT2D eigenvalue weighted by Crippen LogP contribution is -2.08. The van der Waals surface area contributed by atoms with Crippen molar-refractivity contribution in [2.45, 2.75) is 39.5 Å². The molecule has 2 aliphatic rings. The van der Waals surface area contributed by atoms with Crippen LogP contribution in [0.4, 0.5) is 0 Å². The Kier molecular flexibility index (Phi) is 2.53. The molecular formula is C10H18. The minimum absolute atomic E-state index is 0. The summed E-state index contributed by atoms with van der Waals surface area (Å²) in [5.74, 6) is 2.16. The van der Waals surface area contributed by atoms with Crippen molar-refractivity contribution in [3.05, 3.63) is 12.2 Å². The average molecular weight is 138 g/mol. The first-order valence-corrected chi connectivity index (χ1v) is 4.12. The number of allylic oxidation sites excluding steroid dienone is 2. The predicted molar refractivity (Wildman–Crippen MR) is 45.9 cm³/mol. The molecule has 0 saturated heterocycles. The Balaban J connectivity index is 0.000000500. The summed E-state index contributed by atoms with van der Waals surface area (Å²) in [6, 6.07) is 0. The SMILES string of the molecule is C.C1=CCC2CCCC2C1. The van der Waals surface area contributed by atoms with E-state index in [2.05, 4.69) is 12.2 Å². The zero-order valence-electron chi connectivity index (χ0n) is 5.84. The highest BCUT2D eigenvalue weighted by Crippen LogP contribution is 2.38. The van der Waals surface area contributed by atoms with Gasteiger partial charge in [0.25, 0.3) is 0 Å². The van der Waals surface area contributed by atoms with Gasteiger partial charge in [-0.1, -0.05) is 26.0 Å². The monoisotopic (exact) mass is 138 g/mol. The topological polar surface area (TPSA) is 0 Å². The molecule has 0 nitrogen and oxygen atoms in total. The largest absolute Gasteiger partial charge is 0.0882 e. The van der Waals surface area contributed by atoms with Crippen molar-refractivity contribution in [2.24, 2.45) is 11.8 Å². The van der Waals surface area contributed by atoms with Crippen LogP contribution in [0.1, 0.15) is 39.5 Å². The Hall–Kier alpha value is -0.260. The fourth-order valence-corrected chi connectivity index (χ4v) is 2.28. The van der Waals surface area contributed by atoms with Gasteiger partial charge in [-0.2, -0.15) is 0 Å². The molecule has 1 fully saturated rings. The third-order valence-corrected chi connectivity index (χ3v) is 2.86. The molecule has 2 atom stereocenters. The second-order valence-corrected chi connectivity index (χ2v) is 3.39. The lowest BCUT2D eigenvalue weighted by Gasteiger charge is -2.19. The zero-order chi connectivity index (χ0) is 6.10. The van der Waals surface area contributed by atoms with Crippen LogP contribution in [0.5, 0.6) is 0 Å². The molecule has 2 unspecified atom stereocenters. The molecule has 0 spiro atoms. The molecule has 0 aromatic carbocycles. The molecule has 0 radical (unpaired) electrons. The van der Waals surface area contributed by atoms with Gasteiger partial charge in [0, 0.05) is 0 Å². The number of fused-ring (bicyclic) bond motifs is 1. The maximum absolute atomic E-state index is 2.37. The van der Waals surface area contributed by atoms with Crippen molar-refractivity contribution in [3.8, 4) is 0 Å². The molecule has 2 rings (SSSR count). The molecular weight excluding hydrogens is 120 g/mol. The van der Waals surface area contributed by atoms with Crippen LogP contribution in [0.2, 0.25) is 0 Å². The highest BCUT2D eigenvalue weighted by Gasteiger charge is 2.26. The first-order valence-electron chi connectivity index (χ1n) is 4.12. The van der Waals surface area contributed by atoms with Gasteiger partial charge in [0.2, 0.25) is 0 Å². The molecule has 1 saturated carbocycles. The molecule has 10 heavy (non-hydrogen) atoms. The van der Waals surface area contributed by atoms with Crippen LogP contribution < -0.4 is 0 Å². The van der Waals surface area contributed by atoms with E-state index in [1.165, 1.54) is 32.1 Å². The van der Waals surface area contributed by atoms with Crippen LogP contribution in [-0.4, -0.2) is 0 Å². The second kappa shape index (κ2) is 3.23. The fourth-order valence-electron chi connectivity index (χ4n) is 2.28. The molecule has 0 aromatic heterocycles. The van der Waals surface area contributed by atoms with E-state index < -0.39 is 0 Å².